The van der Waals surface area contributed by atoms with Crippen molar-refractivity contribution in [3.05, 3.63) is 132 Å². The minimum Gasteiger partial charge on any atom is -0.352 e. The topological polar surface area (TPSA) is 86.8 Å². The van der Waals surface area contributed by atoms with Gasteiger partial charge in [0.05, 0.1) is 10.6 Å². The molecule has 0 saturated heterocycles. The maximum atomic E-state index is 15.3. The van der Waals surface area contributed by atoms with Gasteiger partial charge in [-0.05, 0) is 55.2 Å². The summed E-state index contributed by atoms with van der Waals surface area (Å²) in [4.78, 5) is 30.1. The third-order valence-corrected chi connectivity index (χ3v) is 10.2. The summed E-state index contributed by atoms with van der Waals surface area (Å²) in [5.74, 6) is -1.69. The van der Waals surface area contributed by atoms with E-state index >= 15 is 4.39 Å². The van der Waals surface area contributed by atoms with Crippen LogP contribution in [0, 0.1) is 12.7 Å². The summed E-state index contributed by atoms with van der Waals surface area (Å²) in [6.07, 6.45) is 5.13. The predicted octanol–water partition coefficient (Wildman–Crippen LogP) is 6.42. The highest BCUT2D eigenvalue weighted by Gasteiger charge is 2.36. The fourth-order valence-corrected chi connectivity index (χ4v) is 7.44. The Hall–Kier alpha value is -4.50. The van der Waals surface area contributed by atoms with Crippen LogP contribution in [0.3, 0.4) is 0 Å². The maximum absolute atomic E-state index is 15.3. The fraction of sp³-hybridized carbons (Fsp3) is 0.297. The molecule has 1 aliphatic carbocycles. The van der Waals surface area contributed by atoms with Crippen molar-refractivity contribution in [3.8, 4) is 0 Å². The van der Waals surface area contributed by atoms with E-state index in [-0.39, 0.29) is 35.5 Å². The van der Waals surface area contributed by atoms with Gasteiger partial charge < -0.3 is 10.2 Å². The van der Waals surface area contributed by atoms with Crippen molar-refractivity contribution in [1.29, 1.82) is 0 Å². The Balaban J connectivity index is 1.56. The van der Waals surface area contributed by atoms with Crippen LogP contribution in [0.4, 0.5) is 10.1 Å². The lowest BCUT2D eigenvalue weighted by molar-refractivity contribution is -0.140. The molecule has 4 aromatic carbocycles. The quantitative estimate of drug-likeness (QED) is 0.194. The first kappa shape index (κ1) is 32.9. The molecule has 1 atom stereocenters. The van der Waals surface area contributed by atoms with Crippen molar-refractivity contribution in [1.82, 2.24) is 10.2 Å². The van der Waals surface area contributed by atoms with E-state index in [1.165, 1.54) is 35.2 Å². The average Bonchev–Trinajstić information content (AvgIpc) is 3.07. The number of rotatable bonds is 12. The molecule has 0 radical (unpaired) electrons. The van der Waals surface area contributed by atoms with Gasteiger partial charge in [0, 0.05) is 19.0 Å². The Morgan fingerprint density at radius 3 is 2.13 bits per heavy atom. The van der Waals surface area contributed by atoms with Crippen molar-refractivity contribution >= 4 is 27.5 Å². The third-order valence-electron chi connectivity index (χ3n) is 8.39. The van der Waals surface area contributed by atoms with Crippen LogP contribution in [-0.4, -0.2) is 43.8 Å². The molecular formula is C37H40FN3O4S. The Labute approximate surface area is 271 Å². The zero-order valence-electron chi connectivity index (χ0n) is 26.0. The van der Waals surface area contributed by atoms with Gasteiger partial charge in [-0.25, -0.2) is 12.8 Å². The van der Waals surface area contributed by atoms with E-state index in [0.717, 1.165) is 59.2 Å². The SMILES string of the molecule is Cc1cccc(CN(C(=O)CN(c2ccccc2F)S(=O)(=O)c2ccccc2)[C@@H](Cc2ccccc2)C(=O)NC2CCCCC2)c1. The molecule has 1 aliphatic rings. The highest BCUT2D eigenvalue weighted by molar-refractivity contribution is 7.92. The van der Waals surface area contributed by atoms with Crippen molar-refractivity contribution in [2.75, 3.05) is 10.8 Å². The summed E-state index contributed by atoms with van der Waals surface area (Å²) in [5, 5.41) is 3.20. The van der Waals surface area contributed by atoms with Gasteiger partial charge in [0.1, 0.15) is 18.4 Å². The summed E-state index contributed by atoms with van der Waals surface area (Å²) in [5.41, 5.74) is 2.38. The van der Waals surface area contributed by atoms with Gasteiger partial charge in [-0.2, -0.15) is 0 Å². The van der Waals surface area contributed by atoms with Crippen LogP contribution in [-0.2, 0) is 32.6 Å². The Morgan fingerprint density at radius 2 is 1.46 bits per heavy atom. The number of hydrogen-bond acceptors (Lipinski definition) is 4. The van der Waals surface area contributed by atoms with Gasteiger partial charge in [-0.15, -0.1) is 0 Å². The lowest BCUT2D eigenvalue weighted by Gasteiger charge is -2.35. The van der Waals surface area contributed by atoms with Crippen LogP contribution in [0.5, 0.6) is 0 Å². The highest BCUT2D eigenvalue weighted by Crippen LogP contribution is 2.27. The number of benzene rings is 4. The maximum Gasteiger partial charge on any atom is 0.264 e. The van der Waals surface area contributed by atoms with E-state index in [2.05, 4.69) is 5.32 Å². The van der Waals surface area contributed by atoms with Crippen LogP contribution >= 0.6 is 0 Å². The number of carbonyl (C=O) groups is 2. The monoisotopic (exact) mass is 641 g/mol. The van der Waals surface area contributed by atoms with E-state index < -0.39 is 34.3 Å². The molecule has 0 heterocycles. The van der Waals surface area contributed by atoms with Gasteiger partial charge in [-0.3, -0.25) is 13.9 Å². The molecule has 4 aromatic rings. The minimum atomic E-state index is -4.37. The molecule has 5 rings (SSSR count). The number of anilines is 1. The summed E-state index contributed by atoms with van der Waals surface area (Å²) in [6, 6.07) is 29.3. The molecule has 1 saturated carbocycles. The molecule has 240 valence electrons. The summed E-state index contributed by atoms with van der Waals surface area (Å²) in [6.45, 7) is 1.30. The molecule has 9 heteroatoms. The number of carbonyl (C=O) groups excluding carboxylic acids is 2. The van der Waals surface area contributed by atoms with Crippen LogP contribution in [0.25, 0.3) is 0 Å². The second-order valence-corrected chi connectivity index (χ2v) is 13.7. The second-order valence-electron chi connectivity index (χ2n) is 11.8. The van der Waals surface area contributed by atoms with E-state index in [1.54, 1.807) is 18.2 Å². The van der Waals surface area contributed by atoms with Crippen molar-refractivity contribution < 1.29 is 22.4 Å². The largest absolute Gasteiger partial charge is 0.352 e. The second kappa shape index (κ2) is 15.2. The van der Waals surface area contributed by atoms with Gasteiger partial charge in [-0.1, -0.05) is 110 Å². The molecule has 0 unspecified atom stereocenters. The molecule has 0 spiro atoms. The van der Waals surface area contributed by atoms with Crippen LogP contribution < -0.4 is 9.62 Å². The standard InChI is InChI=1S/C37H40FN3O4S/c1-28-14-13-17-30(24-28)26-40(35(25-29-15-5-2-6-16-29)37(43)39-31-18-7-3-8-19-31)36(42)27-41(34-23-12-11-22-33(34)38)46(44,45)32-20-9-4-10-21-32/h2,4-6,9-17,20-24,31,35H,3,7-8,18-19,25-27H2,1H3,(H,39,43)/t35-/m0/s1. The van der Waals surface area contributed by atoms with Crippen molar-refractivity contribution in [3.63, 3.8) is 0 Å². The molecular weight excluding hydrogens is 601 g/mol. The zero-order valence-corrected chi connectivity index (χ0v) is 26.8. The highest BCUT2D eigenvalue weighted by atomic mass is 32.2. The van der Waals surface area contributed by atoms with Crippen molar-refractivity contribution in [2.24, 2.45) is 0 Å². The predicted molar refractivity (Wildman–Crippen MR) is 178 cm³/mol. The Morgan fingerprint density at radius 1 is 0.826 bits per heavy atom. The number of amides is 2. The fourth-order valence-electron chi connectivity index (χ4n) is 5.99. The number of sulfonamides is 1. The molecule has 0 bridgehead atoms. The number of nitrogens with one attached hydrogen (secondary N) is 1. The van der Waals surface area contributed by atoms with Crippen molar-refractivity contribution in [2.45, 2.75) is 69.0 Å². The van der Waals surface area contributed by atoms with Gasteiger partial charge in [0.15, 0.2) is 0 Å². The van der Waals surface area contributed by atoms with E-state index in [0.29, 0.717) is 0 Å². The molecule has 46 heavy (non-hydrogen) atoms. The number of halogens is 1. The Bertz CT molecular complexity index is 1730. The normalized spacial score (nSPS) is 14.3. The molecule has 1 N–H and O–H groups in total. The number of hydrogen-bond donors (Lipinski definition) is 1. The summed E-state index contributed by atoms with van der Waals surface area (Å²) < 4.78 is 44.1. The van der Waals surface area contributed by atoms with Crippen LogP contribution in [0.2, 0.25) is 0 Å². The van der Waals surface area contributed by atoms with E-state index in [9.17, 15) is 18.0 Å². The van der Waals surface area contributed by atoms with E-state index in [4.69, 9.17) is 0 Å². The zero-order chi connectivity index (χ0) is 32.5. The molecule has 0 aromatic heterocycles. The molecule has 2 amide bonds. The molecule has 0 aliphatic heterocycles. The van der Waals surface area contributed by atoms with Crippen LogP contribution in [0.1, 0.15) is 48.8 Å². The van der Waals surface area contributed by atoms with Gasteiger partial charge in [0.2, 0.25) is 11.8 Å². The lowest BCUT2D eigenvalue weighted by atomic mass is 9.94. The first-order valence-corrected chi connectivity index (χ1v) is 17.2. The first-order valence-electron chi connectivity index (χ1n) is 15.7. The Kier molecular flexibility index (Phi) is 10.9. The number of para-hydroxylation sites is 1. The molecule has 7 nitrogen and oxygen atoms in total. The molecule has 1 fully saturated rings. The van der Waals surface area contributed by atoms with E-state index in [1.807, 2.05) is 61.5 Å². The van der Waals surface area contributed by atoms with Gasteiger partial charge in [0.25, 0.3) is 10.0 Å². The van der Waals surface area contributed by atoms with Gasteiger partial charge >= 0.3 is 0 Å². The third kappa shape index (κ3) is 8.20. The lowest BCUT2D eigenvalue weighted by Crippen LogP contribution is -2.55. The summed E-state index contributed by atoms with van der Waals surface area (Å²) in [7, 11) is -4.37. The summed E-state index contributed by atoms with van der Waals surface area (Å²) >= 11 is 0. The first-order chi connectivity index (χ1) is 22.2. The average molecular weight is 642 g/mol. The number of aryl methyl sites for hydroxylation is 1. The van der Waals surface area contributed by atoms with Crippen LogP contribution in [0.15, 0.2) is 114 Å². The smallest absolute Gasteiger partial charge is 0.264 e. The minimum absolute atomic E-state index is 0.00353. The number of nitrogens with zero attached hydrogens (tertiary/aromatic N) is 2.